The van der Waals surface area contributed by atoms with Crippen molar-refractivity contribution in [2.75, 3.05) is 12.3 Å². The smallest absolute Gasteiger partial charge is 0.183 e. The van der Waals surface area contributed by atoms with E-state index in [4.69, 9.17) is 11.5 Å². The van der Waals surface area contributed by atoms with Gasteiger partial charge in [-0.1, -0.05) is 0 Å². The highest BCUT2D eigenvalue weighted by Crippen LogP contribution is 2.14. The number of nitrogens with one attached hydrogen (secondary N) is 1. The van der Waals surface area contributed by atoms with Gasteiger partial charge in [-0.05, 0) is 19.4 Å². The second-order valence-corrected chi connectivity index (χ2v) is 3.39. The van der Waals surface area contributed by atoms with Gasteiger partial charge in [-0.3, -0.25) is 0 Å². The van der Waals surface area contributed by atoms with Crippen molar-refractivity contribution in [2.24, 2.45) is 5.73 Å². The third-order valence-electron chi connectivity index (χ3n) is 2.23. The number of rotatable bonds is 4. The maximum atomic E-state index is 5.68. The summed E-state index contributed by atoms with van der Waals surface area (Å²) in [5.41, 5.74) is 12.5. The highest BCUT2D eigenvalue weighted by atomic mass is 15.0. The van der Waals surface area contributed by atoms with E-state index in [0.717, 1.165) is 30.6 Å². The van der Waals surface area contributed by atoms with Gasteiger partial charge in [0.1, 0.15) is 17.7 Å². The number of hydrogen-bond acceptors (Lipinski definition) is 5. The number of hydrogen-bond donors (Lipinski definition) is 3. The Morgan fingerprint density at radius 3 is 2.87 bits per heavy atom. The molecule has 6 nitrogen and oxygen atoms in total. The predicted molar refractivity (Wildman–Crippen MR) is 58.1 cm³/mol. The number of unbranched alkanes of at least 4 members (excludes halogenated alkanes) is 1. The van der Waals surface area contributed by atoms with Crippen molar-refractivity contribution in [1.82, 2.24) is 19.9 Å². The molecule has 2 heterocycles. The van der Waals surface area contributed by atoms with Gasteiger partial charge in [-0.2, -0.15) is 0 Å². The van der Waals surface area contributed by atoms with Gasteiger partial charge in [0.15, 0.2) is 11.5 Å². The van der Waals surface area contributed by atoms with Crippen molar-refractivity contribution in [2.45, 2.75) is 19.3 Å². The molecule has 0 fully saturated rings. The maximum Gasteiger partial charge on any atom is 0.183 e. The number of fused-ring (bicyclic) bond motifs is 1. The van der Waals surface area contributed by atoms with Gasteiger partial charge in [0, 0.05) is 6.42 Å². The van der Waals surface area contributed by atoms with Crippen LogP contribution in [0.4, 0.5) is 5.82 Å². The third kappa shape index (κ3) is 2.04. The average Bonchev–Trinajstić information content (AvgIpc) is 2.63. The number of aromatic amines is 1. The summed E-state index contributed by atoms with van der Waals surface area (Å²) in [7, 11) is 0. The standard InChI is InChI=1S/C9H14N6/c10-4-2-1-3-6-14-7-8(11)12-5-13-9(7)15-6/h5H,1-4,10H2,(H3,11,12,13,14,15). The second-order valence-electron chi connectivity index (χ2n) is 3.39. The summed E-state index contributed by atoms with van der Waals surface area (Å²) >= 11 is 0. The molecule has 0 spiro atoms. The molecule has 0 aromatic carbocycles. The number of aromatic nitrogens is 4. The van der Waals surface area contributed by atoms with Crippen LogP contribution in [0.1, 0.15) is 18.7 Å². The van der Waals surface area contributed by atoms with Gasteiger partial charge >= 0.3 is 0 Å². The summed E-state index contributed by atoms with van der Waals surface area (Å²) in [6, 6.07) is 0. The van der Waals surface area contributed by atoms with Crippen LogP contribution in [-0.2, 0) is 6.42 Å². The van der Waals surface area contributed by atoms with Crippen LogP contribution in [0.2, 0.25) is 0 Å². The monoisotopic (exact) mass is 206 g/mol. The molecule has 0 aliphatic rings. The Bertz CT molecular complexity index is 449. The molecule has 0 saturated heterocycles. The lowest BCUT2D eigenvalue weighted by Crippen LogP contribution is -1.99. The van der Waals surface area contributed by atoms with Crippen LogP contribution in [0.3, 0.4) is 0 Å². The van der Waals surface area contributed by atoms with Crippen LogP contribution in [0.15, 0.2) is 6.33 Å². The van der Waals surface area contributed by atoms with Crippen molar-refractivity contribution in [3.63, 3.8) is 0 Å². The summed E-state index contributed by atoms with van der Waals surface area (Å²) < 4.78 is 0. The van der Waals surface area contributed by atoms with Crippen LogP contribution in [0.5, 0.6) is 0 Å². The molecule has 0 saturated carbocycles. The fourth-order valence-electron chi connectivity index (χ4n) is 1.45. The molecule has 5 N–H and O–H groups in total. The number of nitrogens with zero attached hydrogens (tertiary/aromatic N) is 3. The molecule has 0 aliphatic heterocycles. The quantitative estimate of drug-likeness (QED) is 0.620. The van der Waals surface area contributed by atoms with E-state index in [0.29, 0.717) is 18.0 Å². The maximum absolute atomic E-state index is 5.68. The normalized spacial score (nSPS) is 11.0. The predicted octanol–water partition coefficient (Wildman–Crippen LogP) is 0.216. The van der Waals surface area contributed by atoms with Gasteiger partial charge in [0.2, 0.25) is 0 Å². The molecule has 15 heavy (non-hydrogen) atoms. The van der Waals surface area contributed by atoms with Crippen molar-refractivity contribution < 1.29 is 0 Å². The number of imidazole rings is 1. The first-order chi connectivity index (χ1) is 7.31. The highest BCUT2D eigenvalue weighted by molar-refractivity contribution is 5.80. The number of nitrogens with two attached hydrogens (primary N) is 2. The van der Waals surface area contributed by atoms with E-state index in [-0.39, 0.29) is 0 Å². The molecule has 2 rings (SSSR count). The Kier molecular flexibility index (Phi) is 2.77. The van der Waals surface area contributed by atoms with Gasteiger partial charge in [-0.25, -0.2) is 15.0 Å². The Morgan fingerprint density at radius 1 is 1.27 bits per heavy atom. The lowest BCUT2D eigenvalue weighted by atomic mass is 10.2. The lowest BCUT2D eigenvalue weighted by Gasteiger charge is -1.94. The molecule has 2 aromatic heterocycles. The van der Waals surface area contributed by atoms with Crippen molar-refractivity contribution >= 4 is 17.0 Å². The summed E-state index contributed by atoms with van der Waals surface area (Å²) in [6.07, 6.45) is 4.30. The van der Waals surface area contributed by atoms with Crippen LogP contribution in [0, 0.1) is 0 Å². The summed E-state index contributed by atoms with van der Waals surface area (Å²) in [4.78, 5) is 15.4. The highest BCUT2D eigenvalue weighted by Gasteiger charge is 2.06. The fourth-order valence-corrected chi connectivity index (χ4v) is 1.45. The molecule has 0 amide bonds. The van der Waals surface area contributed by atoms with Gasteiger partial charge in [0.05, 0.1) is 0 Å². The molecule has 80 valence electrons. The molecule has 0 bridgehead atoms. The van der Waals surface area contributed by atoms with Crippen molar-refractivity contribution in [3.8, 4) is 0 Å². The van der Waals surface area contributed by atoms with E-state index in [1.54, 1.807) is 0 Å². The van der Waals surface area contributed by atoms with Crippen LogP contribution in [0.25, 0.3) is 11.2 Å². The first kappa shape index (κ1) is 9.85. The van der Waals surface area contributed by atoms with Gasteiger partial charge in [0.25, 0.3) is 0 Å². The minimum atomic E-state index is 0.442. The van der Waals surface area contributed by atoms with Crippen molar-refractivity contribution in [3.05, 3.63) is 12.2 Å². The Morgan fingerprint density at radius 2 is 2.13 bits per heavy atom. The van der Waals surface area contributed by atoms with E-state index in [9.17, 15) is 0 Å². The van der Waals surface area contributed by atoms with E-state index in [1.807, 2.05) is 0 Å². The molecular weight excluding hydrogens is 192 g/mol. The van der Waals surface area contributed by atoms with Gasteiger partial charge in [-0.15, -0.1) is 0 Å². The molecule has 0 aliphatic carbocycles. The summed E-state index contributed by atoms with van der Waals surface area (Å²) in [5, 5.41) is 0. The topological polar surface area (TPSA) is 106 Å². The zero-order chi connectivity index (χ0) is 10.7. The fraction of sp³-hybridized carbons (Fsp3) is 0.444. The van der Waals surface area contributed by atoms with Gasteiger partial charge < -0.3 is 16.5 Å². The number of H-pyrrole nitrogens is 1. The van der Waals surface area contributed by atoms with E-state index >= 15 is 0 Å². The number of aryl methyl sites for hydroxylation is 1. The molecule has 6 heteroatoms. The van der Waals surface area contributed by atoms with E-state index < -0.39 is 0 Å². The second kappa shape index (κ2) is 4.22. The van der Waals surface area contributed by atoms with Crippen LogP contribution < -0.4 is 11.5 Å². The number of nitrogen functional groups attached to an aromatic ring is 1. The molecule has 0 atom stereocenters. The lowest BCUT2D eigenvalue weighted by molar-refractivity contribution is 0.724. The SMILES string of the molecule is NCCCCc1nc2ncnc(N)c2[nH]1. The Balaban J connectivity index is 2.20. The van der Waals surface area contributed by atoms with E-state index in [2.05, 4.69) is 19.9 Å². The minimum Gasteiger partial charge on any atom is -0.382 e. The molecule has 0 radical (unpaired) electrons. The number of anilines is 1. The molecular formula is C9H14N6. The molecule has 2 aromatic rings. The molecule has 0 unspecified atom stereocenters. The Labute approximate surface area is 87.1 Å². The largest absolute Gasteiger partial charge is 0.382 e. The van der Waals surface area contributed by atoms with E-state index in [1.165, 1.54) is 6.33 Å². The Hall–Kier alpha value is -1.69. The average molecular weight is 206 g/mol. The minimum absolute atomic E-state index is 0.442. The first-order valence-electron chi connectivity index (χ1n) is 4.96. The zero-order valence-corrected chi connectivity index (χ0v) is 8.40. The third-order valence-corrected chi connectivity index (χ3v) is 2.23. The van der Waals surface area contributed by atoms with Crippen LogP contribution >= 0.6 is 0 Å². The first-order valence-corrected chi connectivity index (χ1v) is 4.96. The summed E-state index contributed by atoms with van der Waals surface area (Å²) in [5.74, 6) is 1.34. The van der Waals surface area contributed by atoms with Crippen molar-refractivity contribution in [1.29, 1.82) is 0 Å². The zero-order valence-electron chi connectivity index (χ0n) is 8.40. The van der Waals surface area contributed by atoms with Crippen LogP contribution in [-0.4, -0.2) is 26.5 Å². The summed E-state index contributed by atoms with van der Waals surface area (Å²) in [6.45, 7) is 0.710.